The zero-order valence-corrected chi connectivity index (χ0v) is 16.0. The molecular weight excluding hydrogens is 350 g/mol. The first-order valence-corrected chi connectivity index (χ1v) is 9.95. The van der Waals surface area contributed by atoms with Gasteiger partial charge in [-0.3, -0.25) is 0 Å². The van der Waals surface area contributed by atoms with Crippen molar-refractivity contribution in [1.29, 1.82) is 0 Å². The van der Waals surface area contributed by atoms with E-state index in [0.717, 1.165) is 22.8 Å². The summed E-state index contributed by atoms with van der Waals surface area (Å²) in [7, 11) is -2.14. The second-order valence-corrected chi connectivity index (χ2v) is 8.12. The van der Waals surface area contributed by atoms with Crippen molar-refractivity contribution >= 4 is 32.2 Å². The molecule has 0 spiro atoms. The molecule has 0 atom stereocenters. The van der Waals surface area contributed by atoms with Gasteiger partial charge >= 0.3 is 0 Å². The van der Waals surface area contributed by atoms with Gasteiger partial charge in [-0.25, -0.2) is 12.7 Å². The van der Waals surface area contributed by atoms with Gasteiger partial charge in [-0.05, 0) is 48.6 Å². The fourth-order valence-corrected chi connectivity index (χ4v) is 4.21. The second-order valence-electron chi connectivity index (χ2n) is 6.29. The summed E-state index contributed by atoms with van der Waals surface area (Å²) in [6, 6.07) is 14.2. The molecule has 0 aromatic heterocycles. The van der Waals surface area contributed by atoms with Crippen molar-refractivity contribution in [1.82, 2.24) is 0 Å². The molecule has 0 aliphatic heterocycles. The number of rotatable bonds is 4. The first-order chi connectivity index (χ1) is 12.2. The Morgan fingerprint density at radius 1 is 1.00 bits per heavy atom. The van der Waals surface area contributed by atoms with Gasteiger partial charge in [0.2, 0.25) is 10.0 Å². The minimum absolute atomic E-state index is 0.0954. The number of nitrogens with zero attached hydrogens (tertiary/aromatic N) is 1. The molecule has 26 heavy (non-hydrogen) atoms. The summed E-state index contributed by atoms with van der Waals surface area (Å²) in [5, 5.41) is 12.0. The lowest BCUT2D eigenvalue weighted by Gasteiger charge is -2.27. The fourth-order valence-electron chi connectivity index (χ4n) is 3.14. The summed E-state index contributed by atoms with van der Waals surface area (Å²) in [4.78, 5) is 0. The Balaban J connectivity index is 2.39. The standard InChI is InChI=1S/C20H21NO4S/c1-13-12-19(25-3)14(2)11-17(13)21(26(4,23)24)20-16-8-6-5-7-15(16)9-10-18(20)22/h5-12,22H,1-4H3. The highest BCUT2D eigenvalue weighted by molar-refractivity contribution is 7.92. The third-order valence-corrected chi connectivity index (χ3v) is 5.39. The van der Waals surface area contributed by atoms with Crippen molar-refractivity contribution in [2.45, 2.75) is 13.8 Å². The number of aryl methyl sites for hydroxylation is 2. The topological polar surface area (TPSA) is 66.8 Å². The molecular formula is C20H21NO4S. The minimum atomic E-state index is -3.71. The molecule has 0 radical (unpaired) electrons. The monoisotopic (exact) mass is 371 g/mol. The number of aromatic hydroxyl groups is 1. The average Bonchev–Trinajstić information content (AvgIpc) is 2.58. The van der Waals surface area contributed by atoms with Crippen LogP contribution in [0.5, 0.6) is 11.5 Å². The van der Waals surface area contributed by atoms with Crippen LogP contribution in [0.25, 0.3) is 10.8 Å². The third kappa shape index (κ3) is 3.08. The summed E-state index contributed by atoms with van der Waals surface area (Å²) >= 11 is 0. The van der Waals surface area contributed by atoms with Gasteiger partial charge in [0.15, 0.2) is 0 Å². The van der Waals surface area contributed by atoms with Crippen molar-refractivity contribution in [3.05, 3.63) is 59.7 Å². The Morgan fingerprint density at radius 3 is 2.35 bits per heavy atom. The van der Waals surface area contributed by atoms with E-state index in [1.54, 1.807) is 31.4 Å². The van der Waals surface area contributed by atoms with Crippen LogP contribution >= 0.6 is 0 Å². The lowest BCUT2D eigenvalue weighted by molar-refractivity contribution is 0.411. The molecule has 0 bridgehead atoms. The Kier molecular flexibility index (Phi) is 4.54. The van der Waals surface area contributed by atoms with Gasteiger partial charge in [-0.15, -0.1) is 0 Å². The maximum absolute atomic E-state index is 12.7. The van der Waals surface area contributed by atoms with Gasteiger partial charge < -0.3 is 9.84 Å². The number of methoxy groups -OCH3 is 1. The van der Waals surface area contributed by atoms with E-state index < -0.39 is 10.0 Å². The summed E-state index contributed by atoms with van der Waals surface area (Å²) in [6.07, 6.45) is 1.13. The molecule has 0 saturated heterocycles. The Hall–Kier alpha value is -2.73. The predicted octanol–water partition coefficient (Wildman–Crippen LogP) is 4.27. The highest BCUT2D eigenvalue weighted by Gasteiger charge is 2.27. The highest BCUT2D eigenvalue weighted by atomic mass is 32.2. The number of ether oxygens (including phenoxy) is 1. The number of phenols is 1. The van der Waals surface area contributed by atoms with Crippen LogP contribution in [-0.4, -0.2) is 26.9 Å². The van der Waals surface area contributed by atoms with Gasteiger partial charge in [0.05, 0.1) is 19.1 Å². The van der Waals surface area contributed by atoms with Gasteiger partial charge in [-0.1, -0.05) is 30.3 Å². The number of benzene rings is 3. The van der Waals surface area contributed by atoms with E-state index in [2.05, 4.69) is 0 Å². The molecule has 5 nitrogen and oxygen atoms in total. The van der Waals surface area contributed by atoms with E-state index in [9.17, 15) is 13.5 Å². The summed E-state index contributed by atoms with van der Waals surface area (Å²) in [5.74, 6) is 0.587. The van der Waals surface area contributed by atoms with Crippen molar-refractivity contribution in [3.63, 3.8) is 0 Å². The zero-order valence-electron chi connectivity index (χ0n) is 15.1. The van der Waals surface area contributed by atoms with Gasteiger partial charge in [0.25, 0.3) is 0 Å². The quantitative estimate of drug-likeness (QED) is 0.744. The van der Waals surface area contributed by atoms with Gasteiger partial charge in [-0.2, -0.15) is 0 Å². The number of hydrogen-bond acceptors (Lipinski definition) is 4. The molecule has 6 heteroatoms. The van der Waals surface area contributed by atoms with Crippen molar-refractivity contribution in [3.8, 4) is 11.5 Å². The first-order valence-electron chi connectivity index (χ1n) is 8.10. The lowest BCUT2D eigenvalue weighted by atomic mass is 10.1. The van der Waals surface area contributed by atoms with Crippen LogP contribution in [0.2, 0.25) is 0 Å². The summed E-state index contributed by atoms with van der Waals surface area (Å²) in [6.45, 7) is 3.67. The summed E-state index contributed by atoms with van der Waals surface area (Å²) < 4.78 is 32.0. The third-order valence-electron chi connectivity index (χ3n) is 4.35. The Labute approximate surface area is 153 Å². The van der Waals surface area contributed by atoms with Crippen molar-refractivity contribution < 1.29 is 18.3 Å². The largest absolute Gasteiger partial charge is 0.506 e. The molecule has 0 amide bonds. The molecule has 0 fully saturated rings. The van der Waals surface area contributed by atoms with Crippen molar-refractivity contribution in [2.24, 2.45) is 0 Å². The van der Waals surface area contributed by atoms with Crippen LogP contribution in [0.15, 0.2) is 48.5 Å². The maximum atomic E-state index is 12.7. The van der Waals surface area contributed by atoms with E-state index in [1.165, 1.54) is 10.4 Å². The SMILES string of the molecule is COc1cc(C)c(N(c2c(O)ccc3ccccc23)S(C)(=O)=O)cc1C. The van der Waals surface area contributed by atoms with Crippen LogP contribution in [0.1, 0.15) is 11.1 Å². The fraction of sp³-hybridized carbons (Fsp3) is 0.200. The molecule has 0 unspecified atom stereocenters. The highest BCUT2D eigenvalue weighted by Crippen LogP contribution is 2.43. The van der Waals surface area contributed by atoms with E-state index in [1.807, 2.05) is 32.0 Å². The number of sulfonamides is 1. The Bertz CT molecular complexity index is 1090. The van der Waals surface area contributed by atoms with Crippen LogP contribution in [0.4, 0.5) is 11.4 Å². The molecule has 0 aliphatic carbocycles. The predicted molar refractivity (Wildman–Crippen MR) is 105 cm³/mol. The molecule has 0 heterocycles. The lowest BCUT2D eigenvalue weighted by Crippen LogP contribution is -2.26. The van der Waals surface area contributed by atoms with Crippen LogP contribution < -0.4 is 9.04 Å². The number of anilines is 2. The average molecular weight is 371 g/mol. The van der Waals surface area contributed by atoms with Gasteiger partial charge in [0.1, 0.15) is 17.2 Å². The summed E-state index contributed by atoms with van der Waals surface area (Å²) in [5.41, 5.74) is 2.27. The number of phenolic OH excluding ortho intramolecular Hbond substituents is 1. The number of fused-ring (bicyclic) bond motifs is 1. The maximum Gasteiger partial charge on any atom is 0.236 e. The zero-order chi connectivity index (χ0) is 19.1. The van der Waals surface area contributed by atoms with Gasteiger partial charge in [0, 0.05) is 5.39 Å². The van der Waals surface area contributed by atoms with Crippen LogP contribution in [0.3, 0.4) is 0 Å². The van der Waals surface area contributed by atoms with E-state index >= 15 is 0 Å². The number of hydrogen-bond donors (Lipinski definition) is 1. The smallest absolute Gasteiger partial charge is 0.236 e. The second kappa shape index (κ2) is 6.53. The Morgan fingerprint density at radius 2 is 1.69 bits per heavy atom. The normalized spacial score (nSPS) is 11.5. The molecule has 3 aromatic rings. The first kappa shape index (κ1) is 18.1. The van der Waals surface area contributed by atoms with E-state index in [4.69, 9.17) is 4.74 Å². The van der Waals surface area contributed by atoms with Crippen molar-refractivity contribution in [2.75, 3.05) is 17.7 Å². The molecule has 1 N–H and O–H groups in total. The molecule has 0 saturated carbocycles. The minimum Gasteiger partial charge on any atom is -0.506 e. The molecule has 136 valence electrons. The van der Waals surface area contributed by atoms with Crippen LogP contribution in [-0.2, 0) is 10.0 Å². The van der Waals surface area contributed by atoms with E-state index in [0.29, 0.717) is 16.8 Å². The molecule has 3 aromatic carbocycles. The molecule has 0 aliphatic rings. The van der Waals surface area contributed by atoms with E-state index in [-0.39, 0.29) is 11.4 Å². The molecule has 3 rings (SSSR count). The van der Waals surface area contributed by atoms with Crippen LogP contribution in [0, 0.1) is 13.8 Å².